The van der Waals surface area contributed by atoms with Crippen LogP contribution in [0, 0.1) is 12.8 Å². The monoisotopic (exact) mass is 273 g/mol. The van der Waals surface area contributed by atoms with E-state index in [-0.39, 0.29) is 5.60 Å². The number of hydrogen-bond donors (Lipinski definition) is 1. The maximum atomic E-state index is 6.54. The van der Waals surface area contributed by atoms with Crippen LogP contribution in [0.3, 0.4) is 0 Å². The van der Waals surface area contributed by atoms with Crippen LogP contribution in [0.4, 0.5) is 0 Å². The molecule has 1 aromatic rings. The van der Waals surface area contributed by atoms with Crippen molar-refractivity contribution in [1.82, 2.24) is 5.32 Å². The molecule has 2 heteroatoms. The predicted octanol–water partition coefficient (Wildman–Crippen LogP) is 4.38. The standard InChI is InChI=1S/C18H27NO/c1-4-14-6-5-9-18(11-14)12-16(19-3)15-10-13(2)7-8-17(15)20-18/h7-8,10,14,16,19H,4-6,9,11-12H2,1-3H3. The fourth-order valence-electron chi connectivity index (χ4n) is 4.12. The van der Waals surface area contributed by atoms with Gasteiger partial charge in [0.15, 0.2) is 0 Å². The third-order valence-electron chi connectivity index (χ3n) is 5.27. The van der Waals surface area contributed by atoms with Gasteiger partial charge in [0.25, 0.3) is 0 Å². The Morgan fingerprint density at radius 2 is 2.20 bits per heavy atom. The molecule has 2 aliphatic rings. The van der Waals surface area contributed by atoms with Crippen molar-refractivity contribution in [3.63, 3.8) is 0 Å². The van der Waals surface area contributed by atoms with Gasteiger partial charge >= 0.3 is 0 Å². The highest BCUT2D eigenvalue weighted by molar-refractivity contribution is 5.41. The summed E-state index contributed by atoms with van der Waals surface area (Å²) in [5.74, 6) is 1.95. The van der Waals surface area contributed by atoms with E-state index in [1.165, 1.54) is 43.2 Å². The molecule has 0 bridgehead atoms. The van der Waals surface area contributed by atoms with Crippen LogP contribution in [0.5, 0.6) is 5.75 Å². The van der Waals surface area contributed by atoms with Crippen LogP contribution in [-0.2, 0) is 0 Å². The van der Waals surface area contributed by atoms with E-state index >= 15 is 0 Å². The lowest BCUT2D eigenvalue weighted by Gasteiger charge is -2.46. The molecule has 3 rings (SSSR count). The second-order valence-electron chi connectivity index (χ2n) is 6.74. The number of rotatable bonds is 2. The first-order chi connectivity index (χ1) is 9.65. The van der Waals surface area contributed by atoms with Crippen molar-refractivity contribution in [2.75, 3.05) is 7.05 Å². The van der Waals surface area contributed by atoms with Crippen LogP contribution >= 0.6 is 0 Å². The van der Waals surface area contributed by atoms with Crippen LogP contribution in [-0.4, -0.2) is 12.6 Å². The molecule has 1 aromatic carbocycles. The lowest BCUT2D eigenvalue weighted by molar-refractivity contribution is -0.0208. The maximum absolute atomic E-state index is 6.54. The molecule has 1 saturated carbocycles. The molecule has 1 spiro atoms. The minimum absolute atomic E-state index is 0.0782. The van der Waals surface area contributed by atoms with Gasteiger partial charge < -0.3 is 10.1 Å². The van der Waals surface area contributed by atoms with Gasteiger partial charge in [0.05, 0.1) is 0 Å². The highest BCUT2D eigenvalue weighted by atomic mass is 16.5. The van der Waals surface area contributed by atoms with Gasteiger partial charge in [-0.15, -0.1) is 0 Å². The zero-order valence-electron chi connectivity index (χ0n) is 13.0. The molecule has 1 aliphatic carbocycles. The lowest BCUT2D eigenvalue weighted by Crippen LogP contribution is -2.46. The molecule has 0 aromatic heterocycles. The van der Waals surface area contributed by atoms with Crippen LogP contribution < -0.4 is 10.1 Å². The summed E-state index contributed by atoms with van der Waals surface area (Å²) in [6.07, 6.45) is 7.55. The largest absolute Gasteiger partial charge is 0.487 e. The van der Waals surface area contributed by atoms with Crippen molar-refractivity contribution in [2.24, 2.45) is 5.92 Å². The van der Waals surface area contributed by atoms with E-state index < -0.39 is 0 Å². The van der Waals surface area contributed by atoms with Gasteiger partial charge in [-0.25, -0.2) is 0 Å². The normalized spacial score (nSPS) is 32.8. The number of fused-ring (bicyclic) bond motifs is 1. The Morgan fingerprint density at radius 1 is 1.35 bits per heavy atom. The average Bonchev–Trinajstić information content (AvgIpc) is 2.47. The molecule has 0 amide bonds. The van der Waals surface area contributed by atoms with E-state index in [4.69, 9.17) is 4.74 Å². The van der Waals surface area contributed by atoms with E-state index in [2.05, 4.69) is 44.4 Å². The van der Waals surface area contributed by atoms with Crippen molar-refractivity contribution in [3.05, 3.63) is 29.3 Å². The second kappa shape index (κ2) is 5.40. The molecule has 1 aliphatic heterocycles. The average molecular weight is 273 g/mol. The maximum Gasteiger partial charge on any atom is 0.124 e. The zero-order valence-corrected chi connectivity index (χ0v) is 13.0. The molecule has 1 N–H and O–H groups in total. The summed E-state index contributed by atoms with van der Waals surface area (Å²) in [7, 11) is 2.08. The fourth-order valence-corrected chi connectivity index (χ4v) is 4.12. The van der Waals surface area contributed by atoms with Crippen molar-refractivity contribution in [3.8, 4) is 5.75 Å². The Bertz CT molecular complexity index is 484. The third kappa shape index (κ3) is 2.46. The summed E-state index contributed by atoms with van der Waals surface area (Å²) < 4.78 is 6.54. The number of ether oxygens (including phenoxy) is 1. The van der Waals surface area contributed by atoms with Crippen molar-refractivity contribution in [2.45, 2.75) is 64.0 Å². The van der Waals surface area contributed by atoms with Gasteiger partial charge in [0.2, 0.25) is 0 Å². The highest BCUT2D eigenvalue weighted by Crippen LogP contribution is 2.48. The molecule has 110 valence electrons. The first-order valence-electron chi connectivity index (χ1n) is 8.12. The Balaban J connectivity index is 1.92. The zero-order chi connectivity index (χ0) is 14.2. The first kappa shape index (κ1) is 13.9. The van der Waals surface area contributed by atoms with E-state index in [1.807, 2.05) is 0 Å². The van der Waals surface area contributed by atoms with E-state index in [9.17, 15) is 0 Å². The van der Waals surface area contributed by atoms with Gasteiger partial charge in [-0.1, -0.05) is 37.5 Å². The molecule has 3 atom stereocenters. The SMILES string of the molecule is CCC1CCCC2(C1)CC(NC)c1cc(C)ccc1O2. The fraction of sp³-hybridized carbons (Fsp3) is 0.667. The molecular weight excluding hydrogens is 246 g/mol. The lowest BCUT2D eigenvalue weighted by atomic mass is 9.72. The molecule has 0 radical (unpaired) electrons. The van der Waals surface area contributed by atoms with Crippen LogP contribution in [0.15, 0.2) is 18.2 Å². The summed E-state index contributed by atoms with van der Waals surface area (Å²) in [4.78, 5) is 0. The van der Waals surface area contributed by atoms with E-state index in [0.29, 0.717) is 6.04 Å². The smallest absolute Gasteiger partial charge is 0.124 e. The molecular formula is C18H27NO. The van der Waals surface area contributed by atoms with Gasteiger partial charge in [0.1, 0.15) is 11.4 Å². The molecule has 1 heterocycles. The second-order valence-corrected chi connectivity index (χ2v) is 6.74. The molecule has 0 saturated heterocycles. The predicted molar refractivity (Wildman–Crippen MR) is 83.2 cm³/mol. The van der Waals surface area contributed by atoms with E-state index in [0.717, 1.165) is 18.1 Å². The first-order valence-corrected chi connectivity index (χ1v) is 8.12. The minimum Gasteiger partial charge on any atom is -0.487 e. The summed E-state index contributed by atoms with van der Waals surface area (Å²) in [5, 5.41) is 3.51. The van der Waals surface area contributed by atoms with Gasteiger partial charge in [-0.3, -0.25) is 0 Å². The van der Waals surface area contributed by atoms with Gasteiger partial charge in [-0.05, 0) is 45.2 Å². The topological polar surface area (TPSA) is 21.3 Å². The summed E-state index contributed by atoms with van der Waals surface area (Å²) in [5.41, 5.74) is 2.74. The molecule has 20 heavy (non-hydrogen) atoms. The van der Waals surface area contributed by atoms with Crippen molar-refractivity contribution < 1.29 is 4.74 Å². The van der Waals surface area contributed by atoms with E-state index in [1.54, 1.807) is 0 Å². The summed E-state index contributed by atoms with van der Waals surface area (Å²) in [6, 6.07) is 7.06. The molecule has 2 nitrogen and oxygen atoms in total. The molecule has 3 unspecified atom stereocenters. The van der Waals surface area contributed by atoms with Crippen LogP contribution in [0.1, 0.15) is 62.6 Å². The highest BCUT2D eigenvalue weighted by Gasteiger charge is 2.43. The Hall–Kier alpha value is -1.02. The van der Waals surface area contributed by atoms with Crippen LogP contribution in [0.2, 0.25) is 0 Å². The number of nitrogens with one attached hydrogen (secondary N) is 1. The van der Waals surface area contributed by atoms with Crippen LogP contribution in [0.25, 0.3) is 0 Å². The summed E-state index contributed by atoms with van der Waals surface area (Å²) in [6.45, 7) is 4.48. The quantitative estimate of drug-likeness (QED) is 0.863. The minimum atomic E-state index is 0.0782. The van der Waals surface area contributed by atoms with Gasteiger partial charge in [-0.2, -0.15) is 0 Å². The Morgan fingerprint density at radius 3 is 2.95 bits per heavy atom. The van der Waals surface area contributed by atoms with Crippen molar-refractivity contribution >= 4 is 0 Å². The third-order valence-corrected chi connectivity index (χ3v) is 5.27. The molecule has 1 fully saturated rings. The number of hydrogen-bond acceptors (Lipinski definition) is 2. The van der Waals surface area contributed by atoms with Crippen molar-refractivity contribution in [1.29, 1.82) is 0 Å². The Kier molecular flexibility index (Phi) is 3.76. The summed E-state index contributed by atoms with van der Waals surface area (Å²) >= 11 is 0. The number of aryl methyl sites for hydroxylation is 1. The Labute approximate surface area is 122 Å². The van der Waals surface area contributed by atoms with Gasteiger partial charge in [0, 0.05) is 18.0 Å². The number of benzene rings is 1.